The predicted octanol–water partition coefficient (Wildman–Crippen LogP) is 1.48. The first-order chi connectivity index (χ1) is 11.7. The van der Waals surface area contributed by atoms with E-state index in [0.29, 0.717) is 0 Å². The number of nitrogens with zero attached hydrogens (tertiary/aromatic N) is 2. The third-order valence-electron chi connectivity index (χ3n) is 3.53. The maximum absolute atomic E-state index is 12.3. The van der Waals surface area contributed by atoms with Crippen molar-refractivity contribution in [1.29, 1.82) is 0 Å². The zero-order chi connectivity index (χ0) is 18.5. The molecule has 0 saturated carbocycles. The molecule has 0 saturated heterocycles. The molecule has 0 aliphatic rings. The summed E-state index contributed by atoms with van der Waals surface area (Å²) in [5, 5.41) is 2.58. The second-order valence-corrected chi connectivity index (χ2v) is 8.29. The molecule has 0 atom stereocenters. The third-order valence-corrected chi connectivity index (χ3v) is 5.01. The molecule has 1 aromatic heterocycles. The molecule has 0 bridgehead atoms. The second-order valence-electron chi connectivity index (χ2n) is 6.52. The average molecular weight is 362 g/mol. The Hall–Kier alpha value is -2.32. The van der Waals surface area contributed by atoms with Crippen molar-refractivity contribution in [2.24, 2.45) is 0 Å². The number of nitrogens with one attached hydrogen (secondary N) is 2. The Morgan fingerprint density at radius 2 is 1.76 bits per heavy atom. The van der Waals surface area contributed by atoms with Crippen molar-refractivity contribution in [1.82, 2.24) is 20.0 Å². The van der Waals surface area contributed by atoms with E-state index in [4.69, 9.17) is 0 Å². The Bertz CT molecular complexity index is 813. The molecule has 0 radical (unpaired) electrons. The molecule has 0 spiro atoms. The van der Waals surface area contributed by atoms with Gasteiger partial charge in [0.1, 0.15) is 5.69 Å². The first-order valence-corrected chi connectivity index (χ1v) is 9.33. The fraction of sp³-hybridized carbons (Fsp3) is 0.353. The molecule has 2 aromatic rings. The van der Waals surface area contributed by atoms with Crippen LogP contribution in [0.5, 0.6) is 0 Å². The van der Waals surface area contributed by atoms with E-state index >= 15 is 0 Å². The molecule has 2 rings (SSSR count). The summed E-state index contributed by atoms with van der Waals surface area (Å²) in [4.78, 5) is 19.6. The van der Waals surface area contributed by atoms with E-state index in [1.807, 2.05) is 12.1 Å². The average Bonchev–Trinajstić information content (AvgIpc) is 2.58. The Labute approximate surface area is 148 Å². The molecule has 0 aliphatic carbocycles. The van der Waals surface area contributed by atoms with Crippen LogP contribution in [0.3, 0.4) is 0 Å². The van der Waals surface area contributed by atoms with Crippen LogP contribution in [-0.2, 0) is 15.4 Å². The topological polar surface area (TPSA) is 101 Å². The standard InChI is InChI=1S/C17H22N4O3S/c1-17(2,3)13-4-6-14(7-5-13)25(23,24)21-11-10-20-16(22)15-12-18-8-9-19-15/h4-9,12,21H,10-11H2,1-3H3,(H,20,22). The van der Waals surface area contributed by atoms with E-state index in [1.54, 1.807) is 12.1 Å². The molecular weight excluding hydrogens is 340 g/mol. The third kappa shape index (κ3) is 5.33. The van der Waals surface area contributed by atoms with Crippen LogP contribution in [0, 0.1) is 0 Å². The minimum atomic E-state index is -3.61. The van der Waals surface area contributed by atoms with Gasteiger partial charge in [0.2, 0.25) is 10.0 Å². The number of hydrogen-bond acceptors (Lipinski definition) is 5. The lowest BCUT2D eigenvalue weighted by molar-refractivity contribution is 0.0949. The monoisotopic (exact) mass is 362 g/mol. The minimum absolute atomic E-state index is 0.0413. The zero-order valence-corrected chi connectivity index (χ0v) is 15.3. The highest BCUT2D eigenvalue weighted by Crippen LogP contribution is 2.23. The summed E-state index contributed by atoms with van der Waals surface area (Å²) in [5.74, 6) is -0.401. The number of amides is 1. The summed E-state index contributed by atoms with van der Waals surface area (Å²) >= 11 is 0. The van der Waals surface area contributed by atoms with Gasteiger partial charge in [0.25, 0.3) is 5.91 Å². The van der Waals surface area contributed by atoms with Gasteiger partial charge < -0.3 is 5.32 Å². The van der Waals surface area contributed by atoms with E-state index < -0.39 is 15.9 Å². The Morgan fingerprint density at radius 3 is 2.32 bits per heavy atom. The number of sulfonamides is 1. The number of benzene rings is 1. The Balaban J connectivity index is 1.88. The molecule has 7 nitrogen and oxygen atoms in total. The zero-order valence-electron chi connectivity index (χ0n) is 14.5. The van der Waals surface area contributed by atoms with Crippen LogP contribution in [0.4, 0.5) is 0 Å². The number of carbonyl (C=O) groups excluding carboxylic acids is 1. The second kappa shape index (κ2) is 7.71. The first-order valence-electron chi connectivity index (χ1n) is 7.84. The van der Waals surface area contributed by atoms with E-state index in [0.717, 1.165) is 5.56 Å². The summed E-state index contributed by atoms with van der Waals surface area (Å²) < 4.78 is 27.0. The lowest BCUT2D eigenvalue weighted by atomic mass is 9.87. The van der Waals surface area contributed by atoms with Crippen molar-refractivity contribution in [2.45, 2.75) is 31.1 Å². The van der Waals surface area contributed by atoms with Gasteiger partial charge in [0.15, 0.2) is 0 Å². The molecule has 2 N–H and O–H groups in total. The molecule has 134 valence electrons. The maximum Gasteiger partial charge on any atom is 0.271 e. The van der Waals surface area contributed by atoms with Crippen molar-refractivity contribution in [3.05, 3.63) is 54.1 Å². The smallest absolute Gasteiger partial charge is 0.271 e. The Morgan fingerprint density at radius 1 is 1.08 bits per heavy atom. The number of hydrogen-bond donors (Lipinski definition) is 2. The van der Waals surface area contributed by atoms with Gasteiger partial charge in [-0.05, 0) is 23.1 Å². The van der Waals surface area contributed by atoms with Gasteiger partial charge in [-0.1, -0.05) is 32.9 Å². The molecule has 8 heteroatoms. The van der Waals surface area contributed by atoms with E-state index in [9.17, 15) is 13.2 Å². The minimum Gasteiger partial charge on any atom is -0.349 e. The molecule has 0 unspecified atom stereocenters. The van der Waals surface area contributed by atoms with Gasteiger partial charge in [0, 0.05) is 25.5 Å². The summed E-state index contributed by atoms with van der Waals surface area (Å²) in [7, 11) is -3.61. The molecular formula is C17H22N4O3S. The fourth-order valence-corrected chi connectivity index (χ4v) is 3.12. The van der Waals surface area contributed by atoms with Crippen LogP contribution in [0.25, 0.3) is 0 Å². The fourth-order valence-electron chi connectivity index (χ4n) is 2.09. The van der Waals surface area contributed by atoms with Crippen LogP contribution < -0.4 is 10.0 Å². The normalized spacial score (nSPS) is 12.0. The summed E-state index contributed by atoms with van der Waals surface area (Å²) in [5.41, 5.74) is 1.20. The summed E-state index contributed by atoms with van der Waals surface area (Å²) in [6.45, 7) is 6.42. The SMILES string of the molecule is CC(C)(C)c1ccc(S(=O)(=O)NCCNC(=O)c2cnccn2)cc1. The van der Waals surface area contributed by atoms with Crippen LogP contribution >= 0.6 is 0 Å². The van der Waals surface area contributed by atoms with Crippen molar-refractivity contribution in [3.8, 4) is 0 Å². The lowest BCUT2D eigenvalue weighted by Gasteiger charge is -2.19. The maximum atomic E-state index is 12.3. The van der Waals surface area contributed by atoms with Crippen molar-refractivity contribution < 1.29 is 13.2 Å². The number of carbonyl (C=O) groups is 1. The molecule has 1 heterocycles. The first kappa shape index (κ1) is 19.0. The van der Waals surface area contributed by atoms with E-state index in [2.05, 4.69) is 40.8 Å². The van der Waals surface area contributed by atoms with Gasteiger partial charge in [-0.15, -0.1) is 0 Å². The van der Waals surface area contributed by atoms with Crippen LogP contribution in [-0.4, -0.2) is 37.4 Å². The van der Waals surface area contributed by atoms with E-state index in [1.165, 1.54) is 18.6 Å². The quantitative estimate of drug-likeness (QED) is 0.758. The van der Waals surface area contributed by atoms with Crippen LogP contribution in [0.2, 0.25) is 0 Å². The van der Waals surface area contributed by atoms with Gasteiger partial charge in [0.05, 0.1) is 11.1 Å². The molecule has 25 heavy (non-hydrogen) atoms. The van der Waals surface area contributed by atoms with Crippen LogP contribution in [0.1, 0.15) is 36.8 Å². The van der Waals surface area contributed by atoms with Crippen molar-refractivity contribution in [2.75, 3.05) is 13.1 Å². The highest BCUT2D eigenvalue weighted by Gasteiger charge is 2.17. The highest BCUT2D eigenvalue weighted by atomic mass is 32.2. The summed E-state index contributed by atoms with van der Waals surface area (Å²) in [6, 6.07) is 6.79. The molecule has 0 fully saturated rings. The molecule has 0 aliphatic heterocycles. The van der Waals surface area contributed by atoms with Gasteiger partial charge >= 0.3 is 0 Å². The molecule has 1 aromatic carbocycles. The van der Waals surface area contributed by atoms with Crippen molar-refractivity contribution in [3.63, 3.8) is 0 Å². The molecule has 1 amide bonds. The largest absolute Gasteiger partial charge is 0.349 e. The van der Waals surface area contributed by atoms with Crippen molar-refractivity contribution >= 4 is 15.9 Å². The van der Waals surface area contributed by atoms with Gasteiger partial charge in [-0.3, -0.25) is 9.78 Å². The van der Waals surface area contributed by atoms with Gasteiger partial charge in [-0.25, -0.2) is 18.1 Å². The highest BCUT2D eigenvalue weighted by molar-refractivity contribution is 7.89. The summed E-state index contributed by atoms with van der Waals surface area (Å²) in [6.07, 6.45) is 4.23. The number of aromatic nitrogens is 2. The predicted molar refractivity (Wildman–Crippen MR) is 94.7 cm³/mol. The van der Waals surface area contributed by atoms with E-state index in [-0.39, 0.29) is 29.1 Å². The Kier molecular flexibility index (Phi) is 5.86. The van der Waals surface area contributed by atoms with Gasteiger partial charge in [-0.2, -0.15) is 0 Å². The number of rotatable bonds is 6. The lowest BCUT2D eigenvalue weighted by Crippen LogP contribution is -2.35. The van der Waals surface area contributed by atoms with Crippen LogP contribution in [0.15, 0.2) is 47.8 Å².